The zero-order valence-electron chi connectivity index (χ0n) is 17.8. The van der Waals surface area contributed by atoms with Crippen molar-refractivity contribution in [2.45, 2.75) is 10.2 Å². The molecule has 7 nitrogen and oxygen atoms in total. The van der Waals surface area contributed by atoms with Gasteiger partial charge in [-0.15, -0.1) is 0 Å². The fourth-order valence-corrected chi connectivity index (χ4v) is 4.57. The lowest BCUT2D eigenvalue weighted by molar-refractivity contribution is -0.126. The Balaban J connectivity index is 1.24. The minimum absolute atomic E-state index is 0.0674. The Hall–Kier alpha value is -3.96. The molecule has 0 radical (unpaired) electrons. The van der Waals surface area contributed by atoms with Gasteiger partial charge < -0.3 is 19.2 Å². The third-order valence-electron chi connectivity index (χ3n) is 5.49. The van der Waals surface area contributed by atoms with Crippen molar-refractivity contribution >= 4 is 40.5 Å². The molecule has 0 aliphatic carbocycles. The van der Waals surface area contributed by atoms with Gasteiger partial charge in [0.25, 0.3) is 5.91 Å². The van der Waals surface area contributed by atoms with E-state index in [0.29, 0.717) is 29.1 Å². The second-order valence-electron chi connectivity index (χ2n) is 7.60. The van der Waals surface area contributed by atoms with E-state index in [9.17, 15) is 10.1 Å². The summed E-state index contributed by atoms with van der Waals surface area (Å²) in [6, 6.07) is 23.5. The largest absolute Gasteiger partial charge is 0.450 e. The number of furan rings is 1. The van der Waals surface area contributed by atoms with Crippen LogP contribution in [-0.4, -0.2) is 47.0 Å². The smallest absolute Gasteiger partial charge is 0.264 e. The van der Waals surface area contributed by atoms with Crippen molar-refractivity contribution in [1.82, 2.24) is 14.9 Å². The third kappa shape index (κ3) is 4.64. The molecular formula is C25H21N5O2S. The molecule has 164 valence electrons. The predicted molar refractivity (Wildman–Crippen MR) is 128 cm³/mol. The summed E-state index contributed by atoms with van der Waals surface area (Å²) in [5.41, 5.74) is 3.05. The van der Waals surface area contributed by atoms with Crippen LogP contribution in [0, 0.1) is 11.3 Å². The highest BCUT2D eigenvalue weighted by Crippen LogP contribution is 2.29. The lowest BCUT2D eigenvalue weighted by atomic mass is 10.2. The number of nitrogens with zero attached hydrogens (tertiary/aromatic N) is 4. The van der Waals surface area contributed by atoms with E-state index in [4.69, 9.17) is 4.42 Å². The van der Waals surface area contributed by atoms with Crippen LogP contribution in [0.2, 0.25) is 0 Å². The van der Waals surface area contributed by atoms with Crippen molar-refractivity contribution in [3.05, 3.63) is 78.1 Å². The number of H-pyrrole nitrogens is 1. The number of anilines is 1. The van der Waals surface area contributed by atoms with Crippen LogP contribution in [0.3, 0.4) is 0 Å². The van der Waals surface area contributed by atoms with Gasteiger partial charge in [0, 0.05) is 37.9 Å². The van der Waals surface area contributed by atoms with Gasteiger partial charge >= 0.3 is 0 Å². The Kier molecular flexibility index (Phi) is 5.87. The molecule has 2 aromatic heterocycles. The highest BCUT2D eigenvalue weighted by atomic mass is 32.2. The fraction of sp³-hybridized carbons (Fsp3) is 0.160. The highest BCUT2D eigenvalue weighted by molar-refractivity contribution is 7.99. The Labute approximate surface area is 195 Å². The molecule has 1 aliphatic heterocycles. The Morgan fingerprint density at radius 2 is 1.79 bits per heavy atom. The molecule has 2 aromatic carbocycles. The number of nitrogens with one attached hydrogen (secondary N) is 1. The molecule has 5 rings (SSSR count). The number of hydrogen-bond acceptors (Lipinski definition) is 6. The van der Waals surface area contributed by atoms with Crippen LogP contribution < -0.4 is 4.90 Å². The first-order valence-corrected chi connectivity index (χ1v) is 11.4. The average molecular weight is 456 g/mol. The summed E-state index contributed by atoms with van der Waals surface area (Å²) in [5, 5.41) is 10.9. The number of fused-ring (bicyclic) bond motifs is 1. The zero-order chi connectivity index (χ0) is 22.6. The van der Waals surface area contributed by atoms with Crippen LogP contribution in [0.25, 0.3) is 17.1 Å². The van der Waals surface area contributed by atoms with Crippen molar-refractivity contribution in [3.8, 4) is 6.07 Å². The number of hydrogen-bond donors (Lipinski definition) is 1. The van der Waals surface area contributed by atoms with E-state index >= 15 is 0 Å². The lowest BCUT2D eigenvalue weighted by Crippen LogP contribution is -2.49. The number of rotatable bonds is 5. The molecule has 0 bridgehead atoms. The summed E-state index contributed by atoms with van der Waals surface area (Å²) in [7, 11) is 0. The van der Waals surface area contributed by atoms with Crippen molar-refractivity contribution in [2.24, 2.45) is 0 Å². The lowest BCUT2D eigenvalue weighted by Gasteiger charge is -2.36. The van der Waals surface area contributed by atoms with E-state index in [-0.39, 0.29) is 11.5 Å². The van der Waals surface area contributed by atoms with Gasteiger partial charge in [-0.25, -0.2) is 4.98 Å². The Morgan fingerprint density at radius 1 is 1.03 bits per heavy atom. The molecular weight excluding hydrogens is 434 g/mol. The van der Waals surface area contributed by atoms with E-state index < -0.39 is 0 Å². The molecule has 8 heteroatoms. The standard InChI is InChI=1S/C25H21N5O2S/c26-17-18(24(31)30-14-12-29(13-15-30)19-6-2-1-3-7-19)16-20-10-11-23(32-20)33-25-27-21-8-4-5-9-22(21)28-25/h1-11,16H,12-15H2,(H,27,28)/b18-16-. The minimum Gasteiger partial charge on any atom is -0.450 e. The van der Waals surface area contributed by atoms with Crippen LogP contribution >= 0.6 is 11.8 Å². The molecule has 1 fully saturated rings. The number of benzene rings is 2. The number of piperazine rings is 1. The molecule has 1 amide bonds. The van der Waals surface area contributed by atoms with Crippen molar-refractivity contribution in [3.63, 3.8) is 0 Å². The summed E-state index contributed by atoms with van der Waals surface area (Å²) < 4.78 is 5.82. The molecule has 1 saturated heterocycles. The van der Waals surface area contributed by atoms with Gasteiger partial charge in [-0.2, -0.15) is 5.26 Å². The number of aromatic amines is 1. The van der Waals surface area contributed by atoms with Gasteiger partial charge in [0.1, 0.15) is 17.4 Å². The number of aromatic nitrogens is 2. The quantitative estimate of drug-likeness (QED) is 0.350. The summed E-state index contributed by atoms with van der Waals surface area (Å²) in [4.78, 5) is 24.7. The number of amides is 1. The van der Waals surface area contributed by atoms with E-state index in [1.165, 1.54) is 17.8 Å². The maximum atomic E-state index is 12.9. The van der Waals surface area contributed by atoms with Crippen LogP contribution in [0.5, 0.6) is 0 Å². The number of carbonyl (C=O) groups excluding carboxylic acids is 1. The first-order chi connectivity index (χ1) is 16.2. The highest BCUT2D eigenvalue weighted by Gasteiger charge is 2.24. The minimum atomic E-state index is -0.270. The molecule has 4 aromatic rings. The average Bonchev–Trinajstić information content (AvgIpc) is 3.49. The number of nitriles is 1. The van der Waals surface area contributed by atoms with Crippen molar-refractivity contribution in [2.75, 3.05) is 31.1 Å². The van der Waals surface area contributed by atoms with Crippen LogP contribution in [-0.2, 0) is 4.79 Å². The fourth-order valence-electron chi connectivity index (χ4n) is 3.80. The second-order valence-corrected chi connectivity index (χ2v) is 8.60. The summed E-state index contributed by atoms with van der Waals surface area (Å²) >= 11 is 1.36. The number of para-hydroxylation sites is 3. The van der Waals surface area contributed by atoms with Gasteiger partial charge in [-0.3, -0.25) is 4.79 Å². The summed E-state index contributed by atoms with van der Waals surface area (Å²) in [6.45, 7) is 2.59. The first-order valence-electron chi connectivity index (χ1n) is 10.6. The molecule has 0 spiro atoms. The molecule has 3 heterocycles. The predicted octanol–water partition coefficient (Wildman–Crippen LogP) is 4.56. The Morgan fingerprint density at radius 3 is 2.55 bits per heavy atom. The molecule has 1 N–H and O–H groups in total. The molecule has 0 unspecified atom stereocenters. The van der Waals surface area contributed by atoms with Crippen LogP contribution in [0.15, 0.2) is 87.0 Å². The van der Waals surface area contributed by atoms with E-state index in [1.807, 2.05) is 54.6 Å². The molecule has 33 heavy (non-hydrogen) atoms. The van der Waals surface area contributed by atoms with Crippen molar-refractivity contribution in [1.29, 1.82) is 5.26 Å². The van der Waals surface area contributed by atoms with Gasteiger partial charge in [0.15, 0.2) is 10.2 Å². The molecule has 0 saturated carbocycles. The van der Waals surface area contributed by atoms with Gasteiger partial charge in [0.2, 0.25) is 0 Å². The number of imidazole rings is 1. The maximum absolute atomic E-state index is 12.9. The summed E-state index contributed by atoms with van der Waals surface area (Å²) in [5.74, 6) is 0.189. The van der Waals surface area contributed by atoms with Gasteiger partial charge in [-0.1, -0.05) is 30.3 Å². The summed E-state index contributed by atoms with van der Waals surface area (Å²) in [6.07, 6.45) is 1.51. The van der Waals surface area contributed by atoms with Gasteiger partial charge in [0.05, 0.1) is 11.0 Å². The second kappa shape index (κ2) is 9.27. The molecule has 0 atom stereocenters. The third-order valence-corrected chi connectivity index (χ3v) is 6.30. The van der Waals surface area contributed by atoms with E-state index in [2.05, 4.69) is 27.0 Å². The van der Waals surface area contributed by atoms with Crippen LogP contribution in [0.1, 0.15) is 5.76 Å². The first kappa shape index (κ1) is 20.9. The van der Waals surface area contributed by atoms with Crippen LogP contribution in [0.4, 0.5) is 5.69 Å². The topological polar surface area (TPSA) is 89.2 Å². The SMILES string of the molecule is N#C/C(=C/c1ccc(Sc2nc3ccccc3[nH]2)o1)C(=O)N1CCN(c2ccccc2)CC1. The van der Waals surface area contributed by atoms with Gasteiger partial charge in [-0.05, 0) is 48.2 Å². The Bertz CT molecular complexity index is 1310. The monoisotopic (exact) mass is 455 g/mol. The maximum Gasteiger partial charge on any atom is 0.264 e. The zero-order valence-corrected chi connectivity index (χ0v) is 18.6. The normalized spacial score (nSPS) is 14.5. The van der Waals surface area contributed by atoms with Crippen molar-refractivity contribution < 1.29 is 9.21 Å². The van der Waals surface area contributed by atoms with E-state index in [1.54, 1.807) is 11.0 Å². The van der Waals surface area contributed by atoms with E-state index in [0.717, 1.165) is 29.8 Å². The number of carbonyl (C=O) groups is 1. The molecule has 1 aliphatic rings.